The molecule has 0 aliphatic carbocycles. The van der Waals surface area contributed by atoms with Crippen molar-refractivity contribution in [3.63, 3.8) is 0 Å². The number of carbonyl (C=O) groups is 2. The molecule has 1 unspecified atom stereocenters. The fraction of sp³-hybridized carbons (Fsp3) is 0.429. The molecule has 0 saturated heterocycles. The Balaban J connectivity index is 2.60. The number of carboxylic acids is 1. The summed E-state index contributed by atoms with van der Waals surface area (Å²) in [4.78, 5) is 22.5. The predicted molar refractivity (Wildman–Crippen MR) is 72.9 cm³/mol. The van der Waals surface area contributed by atoms with Crippen molar-refractivity contribution in [3.8, 4) is 0 Å². The van der Waals surface area contributed by atoms with E-state index >= 15 is 0 Å². The van der Waals surface area contributed by atoms with Gasteiger partial charge in [-0.3, -0.25) is 4.79 Å². The van der Waals surface area contributed by atoms with Gasteiger partial charge >= 0.3 is 12.0 Å². The third-order valence-corrected chi connectivity index (χ3v) is 2.70. The van der Waals surface area contributed by atoms with Crippen molar-refractivity contribution in [2.45, 2.75) is 32.2 Å². The lowest BCUT2D eigenvalue weighted by Crippen LogP contribution is -2.39. The molecule has 19 heavy (non-hydrogen) atoms. The van der Waals surface area contributed by atoms with Crippen LogP contribution in [0.15, 0.2) is 30.3 Å². The first-order valence-electron chi connectivity index (χ1n) is 6.44. The summed E-state index contributed by atoms with van der Waals surface area (Å²) in [5.41, 5.74) is 0.788. The summed E-state index contributed by atoms with van der Waals surface area (Å²) in [6.07, 6.45) is 1.77. The maximum Gasteiger partial charge on any atom is 0.315 e. The van der Waals surface area contributed by atoms with E-state index in [4.69, 9.17) is 5.11 Å². The highest BCUT2D eigenvalue weighted by atomic mass is 16.4. The second kappa shape index (κ2) is 8.13. The van der Waals surface area contributed by atoms with E-state index in [-0.39, 0.29) is 12.5 Å². The highest BCUT2D eigenvalue weighted by Crippen LogP contribution is 2.16. The maximum atomic E-state index is 11.7. The molecule has 1 aromatic rings. The molecule has 0 fully saturated rings. The Bertz CT molecular complexity index is 406. The monoisotopic (exact) mass is 264 g/mol. The average Bonchev–Trinajstić information content (AvgIpc) is 2.39. The predicted octanol–water partition coefficient (Wildman–Crippen LogP) is 2.30. The number of carbonyl (C=O) groups excluding carboxylic acids is 1. The van der Waals surface area contributed by atoms with Crippen molar-refractivity contribution >= 4 is 12.0 Å². The number of amides is 2. The Hall–Kier alpha value is -2.04. The molecule has 5 nitrogen and oxygen atoms in total. The van der Waals surface area contributed by atoms with Gasteiger partial charge in [0.1, 0.15) is 0 Å². The van der Waals surface area contributed by atoms with Crippen LogP contribution in [0.3, 0.4) is 0 Å². The summed E-state index contributed by atoms with van der Waals surface area (Å²) < 4.78 is 0. The Morgan fingerprint density at radius 2 is 1.95 bits per heavy atom. The van der Waals surface area contributed by atoms with Crippen molar-refractivity contribution < 1.29 is 14.7 Å². The van der Waals surface area contributed by atoms with E-state index in [0.29, 0.717) is 6.54 Å². The second-order valence-corrected chi connectivity index (χ2v) is 4.31. The van der Waals surface area contributed by atoms with E-state index in [0.717, 1.165) is 18.4 Å². The summed E-state index contributed by atoms with van der Waals surface area (Å²) in [7, 11) is 0. The highest BCUT2D eigenvalue weighted by molar-refractivity contribution is 5.76. The second-order valence-electron chi connectivity index (χ2n) is 4.31. The molecule has 1 atom stereocenters. The van der Waals surface area contributed by atoms with Gasteiger partial charge in [-0.25, -0.2) is 4.79 Å². The van der Waals surface area contributed by atoms with Crippen LogP contribution in [0.2, 0.25) is 0 Å². The zero-order valence-electron chi connectivity index (χ0n) is 11.1. The first-order chi connectivity index (χ1) is 9.13. The summed E-state index contributed by atoms with van der Waals surface area (Å²) in [5.74, 6) is -0.942. The number of carboxylic acid groups (broad SMARTS) is 1. The Morgan fingerprint density at radius 3 is 2.53 bits per heavy atom. The van der Waals surface area contributed by atoms with Crippen molar-refractivity contribution in [2.75, 3.05) is 6.54 Å². The Morgan fingerprint density at radius 1 is 1.26 bits per heavy atom. The van der Waals surface area contributed by atoms with E-state index in [9.17, 15) is 9.59 Å². The first-order valence-corrected chi connectivity index (χ1v) is 6.44. The van der Waals surface area contributed by atoms with Gasteiger partial charge < -0.3 is 15.7 Å². The first kappa shape index (κ1) is 15.0. The lowest BCUT2D eigenvalue weighted by atomic mass is 10.0. The normalized spacial score (nSPS) is 11.6. The largest absolute Gasteiger partial charge is 0.481 e. The molecule has 0 radical (unpaired) electrons. The van der Waals surface area contributed by atoms with Gasteiger partial charge in [0, 0.05) is 6.54 Å². The molecule has 0 aliphatic heterocycles. The number of aliphatic carboxylic acids is 1. The van der Waals surface area contributed by atoms with E-state index in [1.54, 1.807) is 12.1 Å². The number of rotatable bonds is 7. The summed E-state index contributed by atoms with van der Waals surface area (Å²) in [5, 5.41) is 14.3. The van der Waals surface area contributed by atoms with Crippen LogP contribution in [0.5, 0.6) is 0 Å². The fourth-order valence-corrected chi connectivity index (χ4v) is 1.70. The zero-order valence-corrected chi connectivity index (χ0v) is 11.1. The lowest BCUT2D eigenvalue weighted by Gasteiger charge is -2.17. The van der Waals surface area contributed by atoms with Crippen molar-refractivity contribution in [1.82, 2.24) is 10.6 Å². The number of hydrogen-bond acceptors (Lipinski definition) is 2. The molecule has 0 saturated carbocycles. The third kappa shape index (κ3) is 5.90. The fourth-order valence-electron chi connectivity index (χ4n) is 1.70. The van der Waals surface area contributed by atoms with Gasteiger partial charge in [-0.15, -0.1) is 0 Å². The lowest BCUT2D eigenvalue weighted by molar-refractivity contribution is -0.137. The summed E-state index contributed by atoms with van der Waals surface area (Å²) in [6, 6.07) is 8.26. The maximum absolute atomic E-state index is 11.7. The number of unbranched alkanes of at least 4 members (excludes halogenated alkanes) is 1. The number of nitrogens with one attached hydrogen (secondary N) is 2. The Kier molecular flexibility index (Phi) is 6.43. The van der Waals surface area contributed by atoms with Crippen LogP contribution < -0.4 is 10.6 Å². The molecule has 2 amide bonds. The number of urea groups is 1. The molecule has 1 aromatic carbocycles. The standard InChI is InChI=1S/C14H20N2O3/c1-2-3-9-15-14(19)16-12(10-13(17)18)11-7-5-4-6-8-11/h4-8,12H,2-3,9-10H2,1H3,(H,17,18)(H2,15,16,19). The average molecular weight is 264 g/mol. The van der Waals surface area contributed by atoms with Gasteiger partial charge in [0.05, 0.1) is 12.5 Å². The van der Waals surface area contributed by atoms with E-state index in [2.05, 4.69) is 10.6 Å². The van der Waals surface area contributed by atoms with Crippen LogP contribution in [0.25, 0.3) is 0 Å². The molecule has 0 heterocycles. The quantitative estimate of drug-likeness (QED) is 0.661. The molecule has 5 heteroatoms. The molecule has 1 rings (SSSR count). The minimum absolute atomic E-state index is 0.134. The van der Waals surface area contributed by atoms with E-state index in [1.165, 1.54) is 0 Å². The van der Waals surface area contributed by atoms with Gasteiger partial charge in [-0.05, 0) is 12.0 Å². The van der Waals surface area contributed by atoms with Gasteiger partial charge in [-0.2, -0.15) is 0 Å². The number of hydrogen-bond donors (Lipinski definition) is 3. The Labute approximate surface area is 113 Å². The molecule has 104 valence electrons. The van der Waals surface area contributed by atoms with Crippen molar-refractivity contribution in [3.05, 3.63) is 35.9 Å². The highest BCUT2D eigenvalue weighted by Gasteiger charge is 2.17. The van der Waals surface area contributed by atoms with E-state index in [1.807, 2.05) is 25.1 Å². The molecule has 0 aromatic heterocycles. The van der Waals surface area contributed by atoms with Crippen LogP contribution >= 0.6 is 0 Å². The summed E-state index contributed by atoms with van der Waals surface area (Å²) in [6.45, 7) is 2.63. The van der Waals surface area contributed by atoms with Gasteiger partial charge in [0.15, 0.2) is 0 Å². The van der Waals surface area contributed by atoms with Crippen molar-refractivity contribution in [2.24, 2.45) is 0 Å². The SMILES string of the molecule is CCCCNC(=O)NC(CC(=O)O)c1ccccc1. The minimum atomic E-state index is -0.942. The van der Waals surface area contributed by atoms with Crippen LogP contribution in [0.4, 0.5) is 4.79 Å². The molecule has 0 spiro atoms. The minimum Gasteiger partial charge on any atom is -0.481 e. The zero-order chi connectivity index (χ0) is 14.1. The van der Waals surface area contributed by atoms with Gasteiger partial charge in [0.25, 0.3) is 0 Å². The third-order valence-electron chi connectivity index (χ3n) is 2.70. The number of benzene rings is 1. The van der Waals surface area contributed by atoms with Crippen LogP contribution in [0.1, 0.15) is 37.8 Å². The van der Waals surface area contributed by atoms with Gasteiger partial charge in [-0.1, -0.05) is 43.7 Å². The smallest absolute Gasteiger partial charge is 0.315 e. The summed E-state index contributed by atoms with van der Waals surface area (Å²) >= 11 is 0. The molecule has 0 aliphatic rings. The molecular weight excluding hydrogens is 244 g/mol. The van der Waals surface area contributed by atoms with Gasteiger partial charge in [0.2, 0.25) is 0 Å². The molecular formula is C14H20N2O3. The molecule has 3 N–H and O–H groups in total. The van der Waals surface area contributed by atoms with Crippen LogP contribution in [-0.2, 0) is 4.79 Å². The van der Waals surface area contributed by atoms with Crippen molar-refractivity contribution in [1.29, 1.82) is 0 Å². The van der Waals surface area contributed by atoms with E-state index < -0.39 is 12.0 Å². The van der Waals surface area contributed by atoms with Crippen LogP contribution in [0, 0.1) is 0 Å². The molecule has 0 bridgehead atoms. The topological polar surface area (TPSA) is 78.4 Å². The van der Waals surface area contributed by atoms with Crippen LogP contribution in [-0.4, -0.2) is 23.7 Å².